The number of nitrogens with zero attached hydrogens (tertiary/aromatic N) is 3. The number of aromatic nitrogens is 1. The van der Waals surface area contributed by atoms with E-state index < -0.39 is 36.7 Å². The van der Waals surface area contributed by atoms with Gasteiger partial charge in [0.2, 0.25) is 5.91 Å². The quantitative estimate of drug-likeness (QED) is 0.767. The topological polar surface area (TPSA) is 48.5 Å². The molecule has 0 radical (unpaired) electrons. The second-order valence-electron chi connectivity index (χ2n) is 7.04. The number of amides is 1. The van der Waals surface area contributed by atoms with E-state index in [9.17, 15) is 31.1 Å². The Kier molecular flexibility index (Phi) is 5.74. The first-order valence-electron chi connectivity index (χ1n) is 8.93. The van der Waals surface area contributed by atoms with Gasteiger partial charge in [-0.25, -0.2) is 4.98 Å². The number of hydrogen-bond acceptors (Lipinski definition) is 4. The zero-order valence-electron chi connectivity index (χ0n) is 14.9. The highest BCUT2D eigenvalue weighted by atomic mass is 19.4. The van der Waals surface area contributed by atoms with Crippen LogP contribution in [-0.4, -0.2) is 52.3 Å². The van der Waals surface area contributed by atoms with E-state index in [1.54, 1.807) is 0 Å². The molecular formula is C17H20F6N4O. The van der Waals surface area contributed by atoms with Crippen molar-refractivity contribution in [3.63, 3.8) is 0 Å². The fourth-order valence-corrected chi connectivity index (χ4v) is 3.62. The van der Waals surface area contributed by atoms with Gasteiger partial charge in [-0.15, -0.1) is 0 Å². The van der Waals surface area contributed by atoms with Crippen LogP contribution in [0.15, 0.2) is 18.3 Å². The van der Waals surface area contributed by atoms with E-state index in [1.165, 1.54) is 11.0 Å². The summed E-state index contributed by atoms with van der Waals surface area (Å²) in [4.78, 5) is 19.3. The molecule has 2 fully saturated rings. The number of carbonyl (C=O) groups excluding carboxylic acids is 1. The molecule has 28 heavy (non-hydrogen) atoms. The molecular weight excluding hydrogens is 390 g/mol. The largest absolute Gasteiger partial charge is 0.417 e. The number of hydrogen-bond donors (Lipinski definition) is 1. The van der Waals surface area contributed by atoms with Crippen LogP contribution in [-0.2, 0) is 11.0 Å². The molecule has 1 N–H and O–H groups in total. The van der Waals surface area contributed by atoms with E-state index in [2.05, 4.69) is 10.3 Å². The Morgan fingerprint density at radius 1 is 1.14 bits per heavy atom. The van der Waals surface area contributed by atoms with Gasteiger partial charge in [0.15, 0.2) is 0 Å². The molecule has 1 aromatic rings. The van der Waals surface area contributed by atoms with Crippen molar-refractivity contribution in [2.75, 3.05) is 18.5 Å². The number of nitrogens with one attached hydrogen (secondary N) is 1. The number of anilines is 1. The van der Waals surface area contributed by atoms with E-state index >= 15 is 0 Å². The summed E-state index contributed by atoms with van der Waals surface area (Å²) >= 11 is 0. The summed E-state index contributed by atoms with van der Waals surface area (Å²) in [6.45, 7) is 0.600. The van der Waals surface area contributed by atoms with Crippen LogP contribution >= 0.6 is 0 Å². The third-order valence-electron chi connectivity index (χ3n) is 5.09. The summed E-state index contributed by atoms with van der Waals surface area (Å²) in [5, 5.41) is 3.06. The normalized spacial score (nSPS) is 23.6. The van der Waals surface area contributed by atoms with Crippen molar-refractivity contribution in [2.45, 2.75) is 56.7 Å². The Hall–Kier alpha value is -2.04. The third kappa shape index (κ3) is 5.06. The highest BCUT2D eigenvalue weighted by Gasteiger charge is 2.39. The fourth-order valence-electron chi connectivity index (χ4n) is 3.62. The molecule has 2 atom stereocenters. The number of halogens is 6. The summed E-state index contributed by atoms with van der Waals surface area (Å²) in [6.07, 6.45) is -7.88. The van der Waals surface area contributed by atoms with Crippen LogP contribution in [0.2, 0.25) is 0 Å². The molecule has 156 valence electrons. The Morgan fingerprint density at radius 2 is 1.89 bits per heavy atom. The zero-order valence-corrected chi connectivity index (χ0v) is 14.9. The minimum absolute atomic E-state index is 0.179. The van der Waals surface area contributed by atoms with Gasteiger partial charge in [-0.2, -0.15) is 26.3 Å². The molecule has 2 aliphatic rings. The standard InChI is InChI=1S/C17H20F6N4O/c18-16(19,20)7-5-15(28)26-8-6-12-2-4-14(27(12)10-26)25-13-3-1-11(9-24-13)17(21,22)23/h1,3,9,12,14H,2,4-8,10H2,(H,24,25)/t12-,14-/m0/s1. The number of pyridine rings is 1. The SMILES string of the molecule is O=C(CCC(F)(F)F)N1CC[C@@H]2CC[C@@H](Nc3ccc(C(F)(F)F)cn3)N2C1. The molecule has 3 heterocycles. The van der Waals surface area contributed by atoms with Gasteiger partial charge < -0.3 is 10.2 Å². The maximum absolute atomic E-state index is 12.6. The van der Waals surface area contributed by atoms with Gasteiger partial charge in [-0.1, -0.05) is 0 Å². The van der Waals surface area contributed by atoms with E-state index in [1.807, 2.05) is 4.90 Å². The molecule has 2 aliphatic heterocycles. The van der Waals surface area contributed by atoms with Crippen LogP contribution in [0.1, 0.15) is 37.7 Å². The van der Waals surface area contributed by atoms with E-state index in [0.29, 0.717) is 19.4 Å². The molecule has 0 saturated carbocycles. The highest BCUT2D eigenvalue weighted by Crippen LogP contribution is 2.32. The number of alkyl halides is 6. The van der Waals surface area contributed by atoms with Crippen molar-refractivity contribution in [1.82, 2.24) is 14.8 Å². The fraction of sp³-hybridized carbons (Fsp3) is 0.647. The Bertz CT molecular complexity index is 690. The molecule has 1 aromatic heterocycles. The van der Waals surface area contributed by atoms with E-state index in [4.69, 9.17) is 0 Å². The van der Waals surface area contributed by atoms with Crippen LogP contribution < -0.4 is 5.32 Å². The third-order valence-corrected chi connectivity index (χ3v) is 5.09. The molecule has 5 nitrogen and oxygen atoms in total. The monoisotopic (exact) mass is 410 g/mol. The summed E-state index contributed by atoms with van der Waals surface area (Å²) in [5.41, 5.74) is -0.846. The van der Waals surface area contributed by atoms with Crippen LogP contribution in [0.3, 0.4) is 0 Å². The first-order valence-corrected chi connectivity index (χ1v) is 8.93. The van der Waals surface area contributed by atoms with E-state index in [0.717, 1.165) is 18.7 Å². The summed E-state index contributed by atoms with van der Waals surface area (Å²) in [7, 11) is 0. The smallest absolute Gasteiger partial charge is 0.354 e. The zero-order chi connectivity index (χ0) is 20.5. The lowest BCUT2D eigenvalue weighted by Crippen LogP contribution is -2.54. The molecule has 0 spiro atoms. The molecule has 0 aromatic carbocycles. The number of fused-ring (bicyclic) bond motifs is 1. The number of rotatable bonds is 4. The Balaban J connectivity index is 1.59. The lowest BCUT2D eigenvalue weighted by molar-refractivity contribution is -0.152. The van der Waals surface area contributed by atoms with Crippen molar-refractivity contribution >= 4 is 11.7 Å². The molecule has 0 unspecified atom stereocenters. The second kappa shape index (κ2) is 7.76. The van der Waals surface area contributed by atoms with Crippen LogP contribution in [0.25, 0.3) is 0 Å². The minimum atomic E-state index is -4.46. The van der Waals surface area contributed by atoms with Gasteiger partial charge in [0.05, 0.1) is 24.8 Å². The van der Waals surface area contributed by atoms with Crippen LogP contribution in [0.5, 0.6) is 0 Å². The molecule has 2 saturated heterocycles. The maximum Gasteiger partial charge on any atom is 0.417 e. The summed E-state index contributed by atoms with van der Waals surface area (Å²) in [6, 6.07) is 2.36. The van der Waals surface area contributed by atoms with Crippen molar-refractivity contribution < 1.29 is 31.1 Å². The predicted octanol–water partition coefficient (Wildman–Crippen LogP) is 3.84. The summed E-state index contributed by atoms with van der Waals surface area (Å²) < 4.78 is 74.9. The second-order valence-corrected chi connectivity index (χ2v) is 7.04. The van der Waals surface area contributed by atoms with Gasteiger partial charge in [0.1, 0.15) is 5.82 Å². The predicted molar refractivity (Wildman–Crippen MR) is 88.0 cm³/mol. The average molecular weight is 410 g/mol. The summed E-state index contributed by atoms with van der Waals surface area (Å²) in [5.74, 6) is -0.270. The van der Waals surface area contributed by atoms with Gasteiger partial charge in [0, 0.05) is 25.2 Å². The van der Waals surface area contributed by atoms with Gasteiger partial charge in [0.25, 0.3) is 0 Å². The van der Waals surface area contributed by atoms with Crippen LogP contribution in [0, 0.1) is 0 Å². The minimum Gasteiger partial charge on any atom is -0.354 e. The molecule has 11 heteroatoms. The van der Waals surface area contributed by atoms with Crippen LogP contribution in [0.4, 0.5) is 32.2 Å². The first-order chi connectivity index (χ1) is 13.0. The van der Waals surface area contributed by atoms with E-state index in [-0.39, 0.29) is 24.7 Å². The van der Waals surface area contributed by atoms with Crippen molar-refractivity contribution in [2.24, 2.45) is 0 Å². The lowest BCUT2D eigenvalue weighted by Gasteiger charge is -2.40. The lowest BCUT2D eigenvalue weighted by atomic mass is 10.1. The average Bonchev–Trinajstić information content (AvgIpc) is 3.01. The van der Waals surface area contributed by atoms with Gasteiger partial charge in [-0.3, -0.25) is 9.69 Å². The first kappa shape index (κ1) is 20.7. The Morgan fingerprint density at radius 3 is 2.50 bits per heavy atom. The molecule has 1 amide bonds. The highest BCUT2D eigenvalue weighted by molar-refractivity contribution is 5.76. The Labute approximate surface area is 157 Å². The van der Waals surface area contributed by atoms with Crippen molar-refractivity contribution in [1.29, 1.82) is 0 Å². The van der Waals surface area contributed by atoms with Gasteiger partial charge >= 0.3 is 12.4 Å². The van der Waals surface area contributed by atoms with Crippen molar-refractivity contribution in [3.8, 4) is 0 Å². The number of carbonyl (C=O) groups is 1. The molecule has 3 rings (SSSR count). The maximum atomic E-state index is 12.6. The van der Waals surface area contributed by atoms with Crippen molar-refractivity contribution in [3.05, 3.63) is 23.9 Å². The molecule has 0 aliphatic carbocycles. The molecule has 0 bridgehead atoms. The van der Waals surface area contributed by atoms with Gasteiger partial charge in [-0.05, 0) is 31.4 Å².